The van der Waals surface area contributed by atoms with Gasteiger partial charge in [0, 0.05) is 6.54 Å². The van der Waals surface area contributed by atoms with Crippen molar-refractivity contribution in [1.82, 2.24) is 4.57 Å². The second-order valence-corrected chi connectivity index (χ2v) is 6.88. The average molecular weight is 370 g/mol. The number of hydrogen-bond acceptors (Lipinski definition) is 4. The van der Waals surface area contributed by atoms with Crippen molar-refractivity contribution >= 4 is 27.5 Å². The van der Waals surface area contributed by atoms with Crippen molar-refractivity contribution in [2.45, 2.75) is 26.8 Å². The van der Waals surface area contributed by atoms with Gasteiger partial charge >= 0.3 is 0 Å². The Hall–Kier alpha value is -2.60. The van der Waals surface area contributed by atoms with Crippen LogP contribution in [0.2, 0.25) is 0 Å². The van der Waals surface area contributed by atoms with E-state index in [2.05, 4.69) is 23.4 Å². The SMILES string of the molecule is CCCn1c(=NC(=O)COc2ccccc2)sc2c(C)ccc(OC)c21. The van der Waals surface area contributed by atoms with Gasteiger partial charge in [-0.1, -0.05) is 42.5 Å². The Morgan fingerprint density at radius 3 is 2.65 bits per heavy atom. The molecule has 2 aromatic carbocycles. The van der Waals surface area contributed by atoms with Crippen LogP contribution in [0.4, 0.5) is 0 Å². The number of carbonyl (C=O) groups is 1. The molecule has 1 aromatic heterocycles. The predicted molar refractivity (Wildman–Crippen MR) is 104 cm³/mol. The summed E-state index contributed by atoms with van der Waals surface area (Å²) in [6, 6.07) is 13.3. The molecule has 0 aliphatic rings. The first-order valence-corrected chi connectivity index (χ1v) is 9.38. The summed E-state index contributed by atoms with van der Waals surface area (Å²) in [5.74, 6) is 1.15. The Morgan fingerprint density at radius 1 is 1.19 bits per heavy atom. The lowest BCUT2D eigenvalue weighted by atomic mass is 10.2. The van der Waals surface area contributed by atoms with Gasteiger partial charge in [-0.05, 0) is 37.1 Å². The van der Waals surface area contributed by atoms with Crippen LogP contribution >= 0.6 is 11.3 Å². The summed E-state index contributed by atoms with van der Waals surface area (Å²) in [5, 5.41) is 0. The molecule has 0 saturated carbocycles. The maximum Gasteiger partial charge on any atom is 0.286 e. The fraction of sp³-hybridized carbons (Fsp3) is 0.300. The highest BCUT2D eigenvalue weighted by molar-refractivity contribution is 7.16. The van der Waals surface area contributed by atoms with Gasteiger partial charge in [-0.15, -0.1) is 0 Å². The monoisotopic (exact) mass is 370 g/mol. The van der Waals surface area contributed by atoms with Gasteiger partial charge < -0.3 is 14.0 Å². The Kier molecular flexibility index (Phi) is 5.73. The highest BCUT2D eigenvalue weighted by Crippen LogP contribution is 2.30. The van der Waals surface area contributed by atoms with Gasteiger partial charge in [-0.2, -0.15) is 4.99 Å². The first kappa shape index (κ1) is 18.2. The van der Waals surface area contributed by atoms with Crippen molar-refractivity contribution in [3.63, 3.8) is 0 Å². The minimum atomic E-state index is -0.304. The van der Waals surface area contributed by atoms with Gasteiger partial charge in [0.15, 0.2) is 11.4 Å². The van der Waals surface area contributed by atoms with E-state index in [1.807, 2.05) is 42.5 Å². The third kappa shape index (κ3) is 3.80. The normalized spacial score (nSPS) is 11.7. The molecule has 0 fully saturated rings. The van der Waals surface area contributed by atoms with Crippen LogP contribution in [0.5, 0.6) is 11.5 Å². The molecule has 0 radical (unpaired) electrons. The number of aryl methyl sites for hydroxylation is 2. The van der Waals surface area contributed by atoms with Gasteiger partial charge in [0.25, 0.3) is 5.91 Å². The van der Waals surface area contributed by atoms with Gasteiger partial charge in [0.2, 0.25) is 0 Å². The molecule has 0 aliphatic heterocycles. The van der Waals surface area contributed by atoms with E-state index in [1.165, 1.54) is 11.3 Å². The number of hydrogen-bond donors (Lipinski definition) is 0. The molecule has 0 atom stereocenters. The summed E-state index contributed by atoms with van der Waals surface area (Å²) in [7, 11) is 1.66. The van der Waals surface area contributed by atoms with Crippen molar-refractivity contribution in [1.29, 1.82) is 0 Å². The van der Waals surface area contributed by atoms with Crippen LogP contribution in [-0.2, 0) is 11.3 Å². The number of benzene rings is 2. The second-order valence-electron chi connectivity index (χ2n) is 5.91. The van der Waals surface area contributed by atoms with Gasteiger partial charge in [0.1, 0.15) is 17.0 Å². The van der Waals surface area contributed by atoms with Crippen molar-refractivity contribution in [3.8, 4) is 11.5 Å². The second kappa shape index (κ2) is 8.19. The fourth-order valence-corrected chi connectivity index (χ4v) is 3.92. The van der Waals surface area contributed by atoms with Crippen LogP contribution in [0.15, 0.2) is 47.5 Å². The summed E-state index contributed by atoms with van der Waals surface area (Å²) < 4.78 is 14.2. The standard InChI is InChI=1S/C20H22N2O3S/c1-4-12-22-18-16(24-3)11-10-14(2)19(18)26-20(22)21-17(23)13-25-15-8-6-5-7-9-15/h5-11H,4,12-13H2,1-3H3. The molecule has 0 unspecified atom stereocenters. The fourth-order valence-electron chi connectivity index (χ4n) is 2.76. The van der Waals surface area contributed by atoms with Crippen LogP contribution in [-0.4, -0.2) is 24.2 Å². The first-order chi connectivity index (χ1) is 12.6. The molecular formula is C20H22N2O3S. The van der Waals surface area contributed by atoms with E-state index in [0.717, 1.165) is 34.5 Å². The third-order valence-corrected chi connectivity index (χ3v) is 5.19. The summed E-state index contributed by atoms with van der Waals surface area (Å²) in [6.07, 6.45) is 0.935. The Balaban J connectivity index is 1.97. The molecule has 3 aromatic rings. The number of nitrogens with zero attached hydrogens (tertiary/aromatic N) is 2. The lowest BCUT2D eigenvalue weighted by molar-refractivity contribution is -0.120. The van der Waals surface area contributed by atoms with Crippen molar-refractivity contribution in [2.75, 3.05) is 13.7 Å². The maximum absolute atomic E-state index is 12.3. The van der Waals surface area contributed by atoms with Crippen LogP contribution in [0, 0.1) is 6.92 Å². The minimum Gasteiger partial charge on any atom is -0.495 e. The molecule has 1 heterocycles. The van der Waals surface area contributed by atoms with Gasteiger partial charge in [-0.3, -0.25) is 4.79 Å². The first-order valence-electron chi connectivity index (χ1n) is 8.56. The molecular weight excluding hydrogens is 348 g/mol. The Labute approximate surface area is 156 Å². The molecule has 3 rings (SSSR count). The highest BCUT2D eigenvalue weighted by atomic mass is 32.1. The van der Waals surface area contributed by atoms with Crippen LogP contribution in [0.1, 0.15) is 18.9 Å². The van der Waals surface area contributed by atoms with Crippen LogP contribution in [0.3, 0.4) is 0 Å². The van der Waals surface area contributed by atoms with Crippen molar-refractivity contribution in [3.05, 3.63) is 52.8 Å². The zero-order valence-electron chi connectivity index (χ0n) is 15.2. The molecule has 1 amide bonds. The van der Waals surface area contributed by atoms with Crippen molar-refractivity contribution < 1.29 is 14.3 Å². The molecule has 0 aliphatic carbocycles. The number of aromatic nitrogens is 1. The zero-order valence-corrected chi connectivity index (χ0v) is 16.0. The number of ether oxygens (including phenoxy) is 2. The largest absolute Gasteiger partial charge is 0.495 e. The molecule has 0 spiro atoms. The number of amides is 1. The summed E-state index contributed by atoms with van der Waals surface area (Å²) in [5.41, 5.74) is 2.14. The number of para-hydroxylation sites is 1. The van der Waals surface area contributed by atoms with E-state index in [9.17, 15) is 4.79 Å². The number of thiazole rings is 1. The zero-order chi connectivity index (χ0) is 18.5. The van der Waals surface area contributed by atoms with Crippen LogP contribution < -0.4 is 14.3 Å². The number of fused-ring (bicyclic) bond motifs is 1. The molecule has 26 heavy (non-hydrogen) atoms. The number of carbonyl (C=O) groups excluding carboxylic acids is 1. The molecule has 0 saturated heterocycles. The lowest BCUT2D eigenvalue weighted by Gasteiger charge is -2.08. The van der Waals surface area contributed by atoms with E-state index in [0.29, 0.717) is 10.6 Å². The summed E-state index contributed by atoms with van der Waals surface area (Å²) >= 11 is 1.51. The summed E-state index contributed by atoms with van der Waals surface area (Å²) in [6.45, 7) is 4.84. The molecule has 5 nitrogen and oxygen atoms in total. The molecule has 6 heteroatoms. The van der Waals surface area contributed by atoms with Crippen LogP contribution in [0.25, 0.3) is 10.2 Å². The van der Waals surface area contributed by atoms with E-state index < -0.39 is 0 Å². The molecule has 136 valence electrons. The topological polar surface area (TPSA) is 52.8 Å². The predicted octanol–water partition coefficient (Wildman–Crippen LogP) is 3.94. The quantitative estimate of drug-likeness (QED) is 0.660. The number of rotatable bonds is 6. The highest BCUT2D eigenvalue weighted by Gasteiger charge is 2.14. The van der Waals surface area contributed by atoms with Crippen molar-refractivity contribution in [2.24, 2.45) is 4.99 Å². The van der Waals surface area contributed by atoms with Gasteiger partial charge in [-0.25, -0.2) is 0 Å². The summed E-state index contributed by atoms with van der Waals surface area (Å²) in [4.78, 5) is 17.3. The van der Waals surface area contributed by atoms with E-state index in [-0.39, 0.29) is 12.5 Å². The van der Waals surface area contributed by atoms with E-state index in [1.54, 1.807) is 7.11 Å². The minimum absolute atomic E-state index is 0.0828. The third-order valence-electron chi connectivity index (χ3n) is 3.98. The van der Waals surface area contributed by atoms with Gasteiger partial charge in [0.05, 0.1) is 11.8 Å². The lowest BCUT2D eigenvalue weighted by Crippen LogP contribution is -2.19. The molecule has 0 N–H and O–H groups in total. The maximum atomic E-state index is 12.3. The Bertz CT molecular complexity index is 974. The number of methoxy groups -OCH3 is 1. The smallest absolute Gasteiger partial charge is 0.286 e. The average Bonchev–Trinajstić information content (AvgIpc) is 3.01. The Morgan fingerprint density at radius 2 is 1.96 bits per heavy atom. The molecule has 0 bridgehead atoms. The van der Waals surface area contributed by atoms with E-state index >= 15 is 0 Å². The van der Waals surface area contributed by atoms with E-state index in [4.69, 9.17) is 9.47 Å².